The summed E-state index contributed by atoms with van der Waals surface area (Å²) in [6.07, 6.45) is 7.33. The van der Waals surface area contributed by atoms with Gasteiger partial charge in [-0.1, -0.05) is 0 Å². The molecule has 0 bridgehead atoms. The molecule has 0 saturated heterocycles. The molecule has 7 heteroatoms. The van der Waals surface area contributed by atoms with Gasteiger partial charge in [-0.2, -0.15) is 0 Å². The number of hydrogen-bond acceptors (Lipinski definition) is 4. The SMILES string of the molecule is Cl.Cl.Cl.NCc1ccc(-c2cnccc2-c2ccncc2)s1. The molecule has 0 saturated carbocycles. The standard InChI is InChI=1S/C15H13N3S.3ClH/c16-9-12-1-2-15(19-12)14-10-18-8-5-13(14)11-3-6-17-7-4-11;;;/h1-8,10H,9,16H2;3*1H. The van der Waals surface area contributed by atoms with Gasteiger partial charge in [-0.15, -0.1) is 48.6 Å². The summed E-state index contributed by atoms with van der Waals surface area (Å²) >= 11 is 1.71. The smallest absolute Gasteiger partial charge is 0.0367 e. The van der Waals surface area contributed by atoms with E-state index in [-0.39, 0.29) is 37.2 Å². The quantitative estimate of drug-likeness (QED) is 0.727. The fourth-order valence-electron chi connectivity index (χ4n) is 2.01. The monoisotopic (exact) mass is 375 g/mol. The van der Waals surface area contributed by atoms with Crippen LogP contribution in [-0.2, 0) is 6.54 Å². The Bertz CT molecular complexity index is 689. The van der Waals surface area contributed by atoms with E-state index in [0.29, 0.717) is 6.54 Å². The molecule has 0 aromatic carbocycles. The van der Waals surface area contributed by atoms with Crippen LogP contribution >= 0.6 is 48.6 Å². The molecule has 2 N–H and O–H groups in total. The van der Waals surface area contributed by atoms with Crippen LogP contribution in [0.25, 0.3) is 21.6 Å². The van der Waals surface area contributed by atoms with E-state index in [9.17, 15) is 0 Å². The first-order valence-corrected chi connectivity index (χ1v) is 6.83. The zero-order chi connectivity index (χ0) is 13.1. The van der Waals surface area contributed by atoms with Crippen molar-refractivity contribution >= 4 is 48.6 Å². The Hall–Kier alpha value is -1.17. The van der Waals surface area contributed by atoms with Crippen molar-refractivity contribution in [3.8, 4) is 21.6 Å². The highest BCUT2D eigenvalue weighted by atomic mass is 35.5. The van der Waals surface area contributed by atoms with Crippen LogP contribution < -0.4 is 5.73 Å². The van der Waals surface area contributed by atoms with Gasteiger partial charge < -0.3 is 5.73 Å². The van der Waals surface area contributed by atoms with Crippen LogP contribution in [-0.4, -0.2) is 9.97 Å². The molecular weight excluding hydrogens is 361 g/mol. The number of nitrogens with two attached hydrogens (primary N) is 1. The average molecular weight is 377 g/mol. The molecule has 3 aromatic rings. The zero-order valence-corrected chi connectivity index (χ0v) is 14.8. The van der Waals surface area contributed by atoms with E-state index >= 15 is 0 Å². The van der Waals surface area contributed by atoms with E-state index in [0.717, 1.165) is 11.1 Å². The van der Waals surface area contributed by atoms with Crippen LogP contribution in [0, 0.1) is 0 Å². The molecule has 0 aliphatic carbocycles. The maximum absolute atomic E-state index is 5.68. The minimum atomic E-state index is 0. The number of hydrogen-bond donors (Lipinski definition) is 1. The Morgan fingerprint density at radius 1 is 0.818 bits per heavy atom. The Morgan fingerprint density at radius 2 is 1.50 bits per heavy atom. The van der Waals surface area contributed by atoms with Crippen LogP contribution in [0.1, 0.15) is 4.88 Å². The fourth-order valence-corrected chi connectivity index (χ4v) is 2.92. The van der Waals surface area contributed by atoms with E-state index in [1.807, 2.05) is 30.6 Å². The second-order valence-electron chi connectivity index (χ2n) is 4.13. The second-order valence-corrected chi connectivity index (χ2v) is 5.30. The Morgan fingerprint density at radius 3 is 2.14 bits per heavy atom. The van der Waals surface area contributed by atoms with Gasteiger partial charge in [-0.05, 0) is 41.5 Å². The number of nitrogens with zero attached hydrogens (tertiary/aromatic N) is 2. The maximum Gasteiger partial charge on any atom is 0.0367 e. The van der Waals surface area contributed by atoms with E-state index in [4.69, 9.17) is 5.73 Å². The predicted octanol–water partition coefficient (Wildman–Crippen LogP) is 4.60. The molecule has 3 heterocycles. The number of thiophene rings is 1. The molecule has 0 atom stereocenters. The Balaban J connectivity index is 0.00000147. The lowest BCUT2D eigenvalue weighted by molar-refractivity contribution is 1.11. The molecular formula is C15H16Cl3N3S. The van der Waals surface area contributed by atoms with Gasteiger partial charge in [0.15, 0.2) is 0 Å². The molecule has 0 aliphatic rings. The van der Waals surface area contributed by atoms with Crippen molar-refractivity contribution in [2.24, 2.45) is 5.73 Å². The van der Waals surface area contributed by atoms with Gasteiger partial charge in [0.2, 0.25) is 0 Å². The van der Waals surface area contributed by atoms with Gasteiger partial charge in [-0.25, -0.2) is 0 Å². The predicted molar refractivity (Wildman–Crippen MR) is 100 cm³/mol. The summed E-state index contributed by atoms with van der Waals surface area (Å²) in [5.41, 5.74) is 9.13. The summed E-state index contributed by atoms with van der Waals surface area (Å²) in [7, 11) is 0. The molecule has 22 heavy (non-hydrogen) atoms. The summed E-state index contributed by atoms with van der Waals surface area (Å²) in [4.78, 5) is 10.7. The molecule has 3 rings (SSSR count). The zero-order valence-electron chi connectivity index (χ0n) is 11.5. The number of halogens is 3. The molecule has 3 aromatic heterocycles. The molecule has 0 fully saturated rings. The highest BCUT2D eigenvalue weighted by Crippen LogP contribution is 2.35. The third-order valence-electron chi connectivity index (χ3n) is 2.94. The van der Waals surface area contributed by atoms with Crippen molar-refractivity contribution in [1.82, 2.24) is 9.97 Å². The summed E-state index contributed by atoms with van der Waals surface area (Å²) in [6.45, 7) is 0.579. The fraction of sp³-hybridized carbons (Fsp3) is 0.0667. The largest absolute Gasteiger partial charge is 0.326 e. The first kappa shape index (κ1) is 20.8. The van der Waals surface area contributed by atoms with Crippen LogP contribution in [0.15, 0.2) is 55.1 Å². The highest BCUT2D eigenvalue weighted by molar-refractivity contribution is 7.15. The molecule has 0 unspecified atom stereocenters. The highest BCUT2D eigenvalue weighted by Gasteiger charge is 2.09. The van der Waals surface area contributed by atoms with Gasteiger partial charge in [0.25, 0.3) is 0 Å². The summed E-state index contributed by atoms with van der Waals surface area (Å²) in [6, 6.07) is 10.2. The van der Waals surface area contributed by atoms with E-state index in [2.05, 4.69) is 22.1 Å². The lowest BCUT2D eigenvalue weighted by Crippen LogP contribution is -1.91. The minimum absolute atomic E-state index is 0. The molecule has 118 valence electrons. The molecule has 0 amide bonds. The second kappa shape index (κ2) is 9.77. The van der Waals surface area contributed by atoms with Crippen molar-refractivity contribution in [1.29, 1.82) is 0 Å². The van der Waals surface area contributed by atoms with Crippen LogP contribution in [0.5, 0.6) is 0 Å². The molecule has 0 radical (unpaired) electrons. The van der Waals surface area contributed by atoms with Crippen molar-refractivity contribution in [2.75, 3.05) is 0 Å². The molecule has 0 aliphatic heterocycles. The van der Waals surface area contributed by atoms with Gasteiger partial charge in [-0.3, -0.25) is 9.97 Å². The van der Waals surface area contributed by atoms with Gasteiger partial charge in [0.1, 0.15) is 0 Å². The van der Waals surface area contributed by atoms with Crippen molar-refractivity contribution in [3.05, 3.63) is 60.0 Å². The van der Waals surface area contributed by atoms with E-state index in [1.165, 1.54) is 15.3 Å². The Kier molecular flexibility index (Phi) is 9.25. The summed E-state index contributed by atoms with van der Waals surface area (Å²) < 4.78 is 0. The lowest BCUT2D eigenvalue weighted by atomic mass is 10.0. The molecule has 0 spiro atoms. The maximum atomic E-state index is 5.68. The summed E-state index contributed by atoms with van der Waals surface area (Å²) in [5, 5.41) is 0. The van der Waals surface area contributed by atoms with Crippen molar-refractivity contribution in [3.63, 3.8) is 0 Å². The first-order valence-electron chi connectivity index (χ1n) is 6.02. The lowest BCUT2D eigenvalue weighted by Gasteiger charge is -2.07. The van der Waals surface area contributed by atoms with Gasteiger partial charge >= 0.3 is 0 Å². The van der Waals surface area contributed by atoms with Crippen molar-refractivity contribution in [2.45, 2.75) is 6.54 Å². The third-order valence-corrected chi connectivity index (χ3v) is 4.08. The van der Waals surface area contributed by atoms with Crippen molar-refractivity contribution < 1.29 is 0 Å². The van der Waals surface area contributed by atoms with Crippen LogP contribution in [0.3, 0.4) is 0 Å². The average Bonchev–Trinajstić information content (AvgIpc) is 2.97. The number of pyridine rings is 2. The van der Waals surface area contributed by atoms with Gasteiger partial charge in [0, 0.05) is 46.6 Å². The topological polar surface area (TPSA) is 51.8 Å². The van der Waals surface area contributed by atoms with Crippen LogP contribution in [0.2, 0.25) is 0 Å². The van der Waals surface area contributed by atoms with Crippen LogP contribution in [0.4, 0.5) is 0 Å². The van der Waals surface area contributed by atoms with E-state index in [1.54, 1.807) is 23.7 Å². The normalized spacial score (nSPS) is 9.14. The summed E-state index contributed by atoms with van der Waals surface area (Å²) in [5.74, 6) is 0. The van der Waals surface area contributed by atoms with Gasteiger partial charge in [0.05, 0.1) is 0 Å². The Labute approximate surface area is 152 Å². The number of rotatable bonds is 3. The number of aromatic nitrogens is 2. The molecule has 3 nitrogen and oxygen atoms in total. The van der Waals surface area contributed by atoms with E-state index < -0.39 is 0 Å². The first-order chi connectivity index (χ1) is 9.38. The third kappa shape index (κ3) is 4.41. The minimum Gasteiger partial charge on any atom is -0.326 e.